The number of nitrogens with one attached hydrogen (secondary N) is 1. The monoisotopic (exact) mass is 192 g/mol. The highest BCUT2D eigenvalue weighted by Gasteiger charge is 2.12. The summed E-state index contributed by atoms with van der Waals surface area (Å²) in [5.41, 5.74) is 8.39. The molecule has 0 aliphatic heterocycles. The maximum Gasteiger partial charge on any atom is 0.241 e. The Morgan fingerprint density at radius 3 is 2.93 bits per heavy atom. The SMILES string of the molecule is COc1ncnc2c(C(C)N)c[nH]c12. The van der Waals surface area contributed by atoms with Crippen LogP contribution in [-0.2, 0) is 0 Å². The average Bonchev–Trinajstić information content (AvgIpc) is 2.60. The van der Waals surface area contributed by atoms with Gasteiger partial charge in [-0.2, -0.15) is 4.98 Å². The van der Waals surface area contributed by atoms with Crippen molar-refractivity contribution in [2.45, 2.75) is 13.0 Å². The fraction of sp³-hybridized carbons (Fsp3) is 0.333. The van der Waals surface area contributed by atoms with E-state index in [4.69, 9.17) is 10.5 Å². The quantitative estimate of drug-likeness (QED) is 0.743. The zero-order valence-corrected chi connectivity index (χ0v) is 8.11. The van der Waals surface area contributed by atoms with Gasteiger partial charge in [-0.1, -0.05) is 0 Å². The summed E-state index contributed by atoms with van der Waals surface area (Å²) in [7, 11) is 1.58. The van der Waals surface area contributed by atoms with Crippen LogP contribution in [0.2, 0.25) is 0 Å². The van der Waals surface area contributed by atoms with Crippen molar-refractivity contribution in [3.8, 4) is 5.88 Å². The third kappa shape index (κ3) is 1.22. The maximum absolute atomic E-state index is 5.79. The third-order valence-corrected chi connectivity index (χ3v) is 2.14. The van der Waals surface area contributed by atoms with Gasteiger partial charge in [0.25, 0.3) is 0 Å². The van der Waals surface area contributed by atoms with Crippen molar-refractivity contribution in [1.82, 2.24) is 15.0 Å². The fourth-order valence-electron chi connectivity index (χ4n) is 1.44. The van der Waals surface area contributed by atoms with Crippen LogP contribution >= 0.6 is 0 Å². The van der Waals surface area contributed by atoms with Crippen LogP contribution in [0, 0.1) is 0 Å². The van der Waals surface area contributed by atoms with Crippen LogP contribution in [-0.4, -0.2) is 22.1 Å². The number of aromatic nitrogens is 3. The summed E-state index contributed by atoms with van der Waals surface area (Å²) in [5.74, 6) is 0.543. The summed E-state index contributed by atoms with van der Waals surface area (Å²) in [6.07, 6.45) is 3.31. The number of nitrogens with two attached hydrogens (primary N) is 1. The molecule has 0 radical (unpaired) electrons. The Morgan fingerprint density at radius 2 is 2.29 bits per heavy atom. The van der Waals surface area contributed by atoms with Crippen molar-refractivity contribution in [3.05, 3.63) is 18.1 Å². The van der Waals surface area contributed by atoms with E-state index >= 15 is 0 Å². The zero-order valence-electron chi connectivity index (χ0n) is 8.11. The predicted molar refractivity (Wildman–Crippen MR) is 53.0 cm³/mol. The second-order valence-corrected chi connectivity index (χ2v) is 3.14. The summed E-state index contributed by atoms with van der Waals surface area (Å²) in [6, 6.07) is -0.0524. The first-order valence-electron chi connectivity index (χ1n) is 4.35. The number of nitrogens with zero attached hydrogens (tertiary/aromatic N) is 2. The van der Waals surface area contributed by atoms with E-state index in [1.54, 1.807) is 7.11 Å². The third-order valence-electron chi connectivity index (χ3n) is 2.14. The highest BCUT2D eigenvalue weighted by Crippen LogP contribution is 2.25. The standard InChI is InChI=1S/C9H12N4O/c1-5(10)6-3-11-8-7(6)12-4-13-9(8)14-2/h3-5,11H,10H2,1-2H3. The van der Waals surface area contributed by atoms with Crippen LogP contribution in [0.3, 0.4) is 0 Å². The Labute approximate surface area is 81.3 Å². The Morgan fingerprint density at radius 1 is 1.50 bits per heavy atom. The first kappa shape index (κ1) is 8.96. The average molecular weight is 192 g/mol. The van der Waals surface area contributed by atoms with Gasteiger partial charge in [-0.3, -0.25) is 0 Å². The van der Waals surface area contributed by atoms with Gasteiger partial charge in [-0.15, -0.1) is 0 Å². The summed E-state index contributed by atoms with van der Waals surface area (Å²) >= 11 is 0. The van der Waals surface area contributed by atoms with E-state index < -0.39 is 0 Å². The fourth-order valence-corrected chi connectivity index (χ4v) is 1.44. The summed E-state index contributed by atoms with van der Waals surface area (Å²) in [5, 5.41) is 0. The summed E-state index contributed by atoms with van der Waals surface area (Å²) < 4.78 is 5.10. The van der Waals surface area contributed by atoms with Crippen molar-refractivity contribution in [2.24, 2.45) is 5.73 Å². The Bertz CT molecular complexity index is 449. The normalized spacial score (nSPS) is 13.1. The number of hydrogen-bond acceptors (Lipinski definition) is 4. The zero-order chi connectivity index (χ0) is 10.1. The molecule has 5 nitrogen and oxygen atoms in total. The molecule has 0 aromatic carbocycles. The molecule has 0 bridgehead atoms. The first-order valence-corrected chi connectivity index (χ1v) is 4.35. The van der Waals surface area contributed by atoms with Gasteiger partial charge in [-0.05, 0) is 6.92 Å². The van der Waals surface area contributed by atoms with Crippen LogP contribution in [0.1, 0.15) is 18.5 Å². The minimum absolute atomic E-state index is 0.0524. The van der Waals surface area contributed by atoms with Gasteiger partial charge >= 0.3 is 0 Å². The van der Waals surface area contributed by atoms with E-state index in [0.29, 0.717) is 5.88 Å². The molecule has 2 aromatic heterocycles. The number of hydrogen-bond donors (Lipinski definition) is 2. The largest absolute Gasteiger partial charge is 0.479 e. The van der Waals surface area contributed by atoms with Crippen LogP contribution in [0.15, 0.2) is 12.5 Å². The molecule has 2 aromatic rings. The molecular formula is C9H12N4O. The van der Waals surface area contributed by atoms with Crippen molar-refractivity contribution in [3.63, 3.8) is 0 Å². The maximum atomic E-state index is 5.79. The molecule has 0 fully saturated rings. The highest BCUT2D eigenvalue weighted by atomic mass is 16.5. The second kappa shape index (κ2) is 3.26. The van der Waals surface area contributed by atoms with E-state index in [-0.39, 0.29) is 6.04 Å². The van der Waals surface area contributed by atoms with Gasteiger partial charge in [0.05, 0.1) is 7.11 Å². The van der Waals surface area contributed by atoms with Crippen LogP contribution in [0.4, 0.5) is 0 Å². The van der Waals surface area contributed by atoms with Crippen LogP contribution in [0.5, 0.6) is 5.88 Å². The number of H-pyrrole nitrogens is 1. The Balaban J connectivity index is 2.69. The molecule has 14 heavy (non-hydrogen) atoms. The molecule has 1 unspecified atom stereocenters. The topological polar surface area (TPSA) is 76.8 Å². The molecule has 0 saturated carbocycles. The van der Waals surface area contributed by atoms with Crippen molar-refractivity contribution in [2.75, 3.05) is 7.11 Å². The number of rotatable bonds is 2. The lowest BCUT2D eigenvalue weighted by molar-refractivity contribution is 0.402. The smallest absolute Gasteiger partial charge is 0.241 e. The molecule has 3 N–H and O–H groups in total. The van der Waals surface area contributed by atoms with E-state index in [1.165, 1.54) is 6.33 Å². The van der Waals surface area contributed by atoms with Crippen molar-refractivity contribution >= 4 is 11.0 Å². The van der Waals surface area contributed by atoms with Gasteiger partial charge in [0.2, 0.25) is 5.88 Å². The predicted octanol–water partition coefficient (Wildman–Crippen LogP) is 0.986. The molecule has 0 saturated heterocycles. The Hall–Kier alpha value is -1.62. The molecule has 74 valence electrons. The van der Waals surface area contributed by atoms with E-state index in [9.17, 15) is 0 Å². The Kier molecular flexibility index (Phi) is 2.09. The lowest BCUT2D eigenvalue weighted by Crippen LogP contribution is -2.04. The van der Waals surface area contributed by atoms with Gasteiger partial charge in [0, 0.05) is 17.8 Å². The van der Waals surface area contributed by atoms with Crippen LogP contribution < -0.4 is 10.5 Å². The second-order valence-electron chi connectivity index (χ2n) is 3.14. The minimum Gasteiger partial charge on any atom is -0.479 e. The van der Waals surface area contributed by atoms with Crippen molar-refractivity contribution in [1.29, 1.82) is 0 Å². The summed E-state index contributed by atoms with van der Waals surface area (Å²) in [4.78, 5) is 11.2. The molecule has 2 rings (SSSR count). The first-order chi connectivity index (χ1) is 6.74. The lowest BCUT2D eigenvalue weighted by Gasteiger charge is -2.02. The van der Waals surface area contributed by atoms with E-state index in [2.05, 4.69) is 15.0 Å². The van der Waals surface area contributed by atoms with Gasteiger partial charge in [0.15, 0.2) is 0 Å². The molecule has 0 amide bonds. The number of methoxy groups -OCH3 is 1. The molecule has 2 heterocycles. The molecule has 0 aliphatic rings. The van der Waals surface area contributed by atoms with E-state index in [1.807, 2.05) is 13.1 Å². The number of aromatic amines is 1. The van der Waals surface area contributed by atoms with Crippen LogP contribution in [0.25, 0.3) is 11.0 Å². The lowest BCUT2D eigenvalue weighted by atomic mass is 10.2. The number of ether oxygens (including phenoxy) is 1. The van der Waals surface area contributed by atoms with Gasteiger partial charge < -0.3 is 15.5 Å². The molecule has 5 heteroatoms. The molecular weight excluding hydrogens is 180 g/mol. The van der Waals surface area contributed by atoms with Gasteiger partial charge in [-0.25, -0.2) is 4.98 Å². The minimum atomic E-state index is -0.0524. The summed E-state index contributed by atoms with van der Waals surface area (Å²) in [6.45, 7) is 1.91. The number of fused-ring (bicyclic) bond motifs is 1. The van der Waals surface area contributed by atoms with Crippen molar-refractivity contribution < 1.29 is 4.74 Å². The van der Waals surface area contributed by atoms with Gasteiger partial charge in [0.1, 0.15) is 17.4 Å². The highest BCUT2D eigenvalue weighted by molar-refractivity contribution is 5.83. The van der Waals surface area contributed by atoms with E-state index in [0.717, 1.165) is 16.6 Å². The molecule has 0 aliphatic carbocycles. The molecule has 1 atom stereocenters. The molecule has 0 spiro atoms.